The zero-order chi connectivity index (χ0) is 19.6. The minimum atomic E-state index is -3.76. The van der Waals surface area contributed by atoms with Crippen LogP contribution in [0.15, 0.2) is 39.9 Å². The Kier molecular flexibility index (Phi) is 5.98. The number of rotatable bonds is 8. The highest BCUT2D eigenvalue weighted by Crippen LogP contribution is 2.31. The third kappa shape index (κ3) is 4.23. The number of amides is 1. The number of thiophene rings is 1. The average Bonchev–Trinajstić information content (AvgIpc) is 3.36. The van der Waals surface area contributed by atoms with E-state index >= 15 is 0 Å². The summed E-state index contributed by atoms with van der Waals surface area (Å²) >= 11 is 1.54. The maximum Gasteiger partial charge on any atom is 0.257 e. The number of carbonyl (C=O) groups is 1. The molecule has 0 unspecified atom stereocenters. The van der Waals surface area contributed by atoms with Crippen molar-refractivity contribution in [2.24, 2.45) is 0 Å². The van der Waals surface area contributed by atoms with Crippen LogP contribution < -0.4 is 0 Å². The molecule has 1 fully saturated rings. The molecule has 8 heteroatoms. The first kappa shape index (κ1) is 20.0. The average molecular weight is 411 g/mol. The molecule has 0 atom stereocenters. The second kappa shape index (κ2) is 8.08. The predicted octanol–water partition coefficient (Wildman–Crippen LogP) is 3.72. The van der Waals surface area contributed by atoms with Crippen molar-refractivity contribution in [1.82, 2.24) is 9.21 Å². The van der Waals surface area contributed by atoms with Crippen molar-refractivity contribution in [2.45, 2.75) is 44.2 Å². The van der Waals surface area contributed by atoms with Crippen LogP contribution in [0.25, 0.3) is 0 Å². The van der Waals surface area contributed by atoms with Gasteiger partial charge in [0.2, 0.25) is 10.0 Å². The van der Waals surface area contributed by atoms with E-state index in [0.29, 0.717) is 19.6 Å². The van der Waals surface area contributed by atoms with Gasteiger partial charge in [-0.3, -0.25) is 4.79 Å². The van der Waals surface area contributed by atoms with Gasteiger partial charge in [-0.05, 0) is 53.4 Å². The van der Waals surface area contributed by atoms with Gasteiger partial charge in [0, 0.05) is 25.7 Å². The van der Waals surface area contributed by atoms with Gasteiger partial charge in [-0.15, -0.1) is 0 Å². The second-order valence-corrected chi connectivity index (χ2v) is 9.24. The molecular formula is C19H23FN2O3S2. The summed E-state index contributed by atoms with van der Waals surface area (Å²) < 4.78 is 41.2. The molecule has 1 aromatic heterocycles. The number of sulfonamides is 1. The number of hydrogen-bond acceptors (Lipinski definition) is 4. The van der Waals surface area contributed by atoms with Crippen LogP contribution in [0.1, 0.15) is 42.6 Å². The van der Waals surface area contributed by atoms with Crippen molar-refractivity contribution in [3.05, 3.63) is 52.0 Å². The summed E-state index contributed by atoms with van der Waals surface area (Å²) in [6.07, 6.45) is 1.77. The summed E-state index contributed by atoms with van der Waals surface area (Å²) in [6.45, 7) is 4.51. The van der Waals surface area contributed by atoms with Gasteiger partial charge in [0.05, 0.1) is 10.5 Å². The third-order valence-corrected chi connectivity index (χ3v) is 7.47. The molecule has 0 N–H and O–H groups in total. The Bertz CT molecular complexity index is 905. The first-order chi connectivity index (χ1) is 12.9. The fraction of sp³-hybridized carbons (Fsp3) is 0.421. The number of benzene rings is 1. The summed E-state index contributed by atoms with van der Waals surface area (Å²) in [5.74, 6) is -1.16. The smallest absolute Gasteiger partial charge is 0.257 e. The fourth-order valence-corrected chi connectivity index (χ4v) is 5.17. The van der Waals surface area contributed by atoms with Crippen LogP contribution >= 0.6 is 11.3 Å². The van der Waals surface area contributed by atoms with Crippen LogP contribution in [-0.2, 0) is 16.6 Å². The molecule has 27 heavy (non-hydrogen) atoms. The van der Waals surface area contributed by atoms with Crippen molar-refractivity contribution in [3.8, 4) is 0 Å². The van der Waals surface area contributed by atoms with E-state index in [1.807, 2.05) is 16.8 Å². The van der Waals surface area contributed by atoms with Gasteiger partial charge in [0.1, 0.15) is 5.82 Å². The lowest BCUT2D eigenvalue weighted by molar-refractivity contribution is 0.0725. The van der Waals surface area contributed by atoms with Crippen molar-refractivity contribution in [3.63, 3.8) is 0 Å². The lowest BCUT2D eigenvalue weighted by atomic mass is 10.1. The topological polar surface area (TPSA) is 57.7 Å². The van der Waals surface area contributed by atoms with E-state index in [4.69, 9.17) is 0 Å². The molecule has 0 saturated heterocycles. The highest BCUT2D eigenvalue weighted by Gasteiger charge is 2.35. The molecule has 0 spiro atoms. The molecule has 0 aliphatic heterocycles. The molecule has 1 aliphatic rings. The molecule has 1 aliphatic carbocycles. The quantitative estimate of drug-likeness (QED) is 0.666. The van der Waals surface area contributed by atoms with E-state index in [1.165, 1.54) is 16.4 Å². The highest BCUT2D eigenvalue weighted by atomic mass is 32.2. The molecule has 146 valence electrons. The van der Waals surface area contributed by atoms with Crippen molar-refractivity contribution >= 4 is 27.3 Å². The van der Waals surface area contributed by atoms with E-state index in [-0.39, 0.29) is 16.5 Å². The van der Waals surface area contributed by atoms with E-state index in [9.17, 15) is 17.6 Å². The Balaban J connectivity index is 1.94. The van der Waals surface area contributed by atoms with Gasteiger partial charge < -0.3 is 4.90 Å². The largest absolute Gasteiger partial charge is 0.331 e. The van der Waals surface area contributed by atoms with Crippen molar-refractivity contribution < 1.29 is 17.6 Å². The summed E-state index contributed by atoms with van der Waals surface area (Å²) in [5, 5.41) is 3.89. The summed E-state index contributed by atoms with van der Waals surface area (Å²) in [5.41, 5.74) is 0.804. The Hall–Kier alpha value is -1.77. The molecule has 1 amide bonds. The Morgan fingerprint density at radius 3 is 2.48 bits per heavy atom. The van der Waals surface area contributed by atoms with Crippen LogP contribution in [0, 0.1) is 5.82 Å². The fourth-order valence-electron chi connectivity index (χ4n) is 3.03. The molecule has 5 nitrogen and oxygen atoms in total. The van der Waals surface area contributed by atoms with Gasteiger partial charge in [-0.25, -0.2) is 12.8 Å². The highest BCUT2D eigenvalue weighted by molar-refractivity contribution is 7.89. The Morgan fingerprint density at radius 1 is 1.22 bits per heavy atom. The first-order valence-corrected chi connectivity index (χ1v) is 11.4. The minimum absolute atomic E-state index is 0.0535. The number of nitrogens with zero attached hydrogens (tertiary/aromatic N) is 2. The monoisotopic (exact) mass is 410 g/mol. The molecule has 1 heterocycles. The van der Waals surface area contributed by atoms with Crippen LogP contribution in [0.3, 0.4) is 0 Å². The predicted molar refractivity (Wildman–Crippen MR) is 104 cm³/mol. The zero-order valence-electron chi connectivity index (χ0n) is 15.4. The van der Waals surface area contributed by atoms with Crippen LogP contribution in [0.2, 0.25) is 0 Å². The lowest BCUT2D eigenvalue weighted by Gasteiger charge is -2.23. The van der Waals surface area contributed by atoms with E-state index in [1.54, 1.807) is 30.1 Å². The van der Waals surface area contributed by atoms with Gasteiger partial charge in [0.15, 0.2) is 0 Å². The maximum atomic E-state index is 14.4. The minimum Gasteiger partial charge on any atom is -0.331 e. The Morgan fingerprint density at radius 2 is 1.93 bits per heavy atom. The molecule has 0 bridgehead atoms. The maximum absolute atomic E-state index is 14.4. The molecule has 1 saturated carbocycles. The van der Waals surface area contributed by atoms with Crippen molar-refractivity contribution in [2.75, 3.05) is 13.1 Å². The van der Waals surface area contributed by atoms with E-state index in [0.717, 1.165) is 24.5 Å². The summed E-state index contributed by atoms with van der Waals surface area (Å²) in [7, 11) is -3.76. The zero-order valence-corrected chi connectivity index (χ0v) is 17.0. The Labute approximate surface area is 163 Å². The first-order valence-electron chi connectivity index (χ1n) is 9.00. The number of carbonyl (C=O) groups excluding carboxylic acids is 1. The number of hydrogen-bond donors (Lipinski definition) is 0. The SMILES string of the molecule is CCN(CC)S(=O)(=O)c1ccc(F)c(C(=O)N(Cc2ccsc2)C2CC2)c1. The number of halogens is 1. The molecule has 0 radical (unpaired) electrons. The summed E-state index contributed by atoms with van der Waals surface area (Å²) in [6, 6.07) is 5.48. The van der Waals surface area contributed by atoms with Crippen LogP contribution in [-0.4, -0.2) is 42.7 Å². The second-order valence-electron chi connectivity index (χ2n) is 6.53. The lowest BCUT2D eigenvalue weighted by Crippen LogP contribution is -2.34. The van der Waals surface area contributed by atoms with Crippen LogP contribution in [0.4, 0.5) is 4.39 Å². The molecule has 3 rings (SSSR count). The van der Waals surface area contributed by atoms with Gasteiger partial charge in [0.25, 0.3) is 5.91 Å². The van der Waals surface area contributed by atoms with Gasteiger partial charge in [-0.1, -0.05) is 13.8 Å². The van der Waals surface area contributed by atoms with Gasteiger partial charge >= 0.3 is 0 Å². The standard InChI is InChI=1S/C19H23FN2O3S2/c1-3-21(4-2)27(24,25)16-7-8-18(20)17(11-16)19(23)22(15-5-6-15)12-14-9-10-26-13-14/h7-11,13,15H,3-6,12H2,1-2H3. The van der Waals surface area contributed by atoms with Gasteiger partial charge in [-0.2, -0.15) is 15.6 Å². The van der Waals surface area contributed by atoms with Crippen molar-refractivity contribution in [1.29, 1.82) is 0 Å². The van der Waals surface area contributed by atoms with Crippen LogP contribution in [0.5, 0.6) is 0 Å². The molecule has 1 aromatic carbocycles. The van der Waals surface area contributed by atoms with E-state index in [2.05, 4.69) is 0 Å². The normalized spacial score (nSPS) is 14.5. The third-order valence-electron chi connectivity index (χ3n) is 4.69. The summed E-state index contributed by atoms with van der Waals surface area (Å²) in [4.78, 5) is 14.6. The molecule has 2 aromatic rings. The molecular weight excluding hydrogens is 387 g/mol. The van der Waals surface area contributed by atoms with E-state index < -0.39 is 21.7 Å².